The summed E-state index contributed by atoms with van der Waals surface area (Å²) >= 11 is 0. The van der Waals surface area contributed by atoms with Gasteiger partial charge in [0.2, 0.25) is 0 Å². The summed E-state index contributed by atoms with van der Waals surface area (Å²) in [6.45, 7) is 2.89. The molecule has 0 saturated heterocycles. The van der Waals surface area contributed by atoms with Crippen molar-refractivity contribution < 1.29 is 90.6 Å². The van der Waals surface area contributed by atoms with Crippen LogP contribution in [0.5, 0.6) is 0 Å². The first-order chi connectivity index (χ1) is 31.8. The Bertz CT molecular complexity index is 1550. The Kier molecular flexibility index (Phi) is 35.2. The van der Waals surface area contributed by atoms with E-state index < -0.39 is 91.3 Å². The number of hydrogen-bond acceptors (Lipinski definition) is 14. The lowest BCUT2D eigenvalue weighted by molar-refractivity contribution is -0.213. The predicted molar refractivity (Wildman–Crippen MR) is 252 cm³/mol. The van der Waals surface area contributed by atoms with Crippen molar-refractivity contribution in [2.24, 2.45) is 0 Å². The van der Waals surface area contributed by atoms with Crippen LogP contribution in [0.1, 0.15) is 181 Å². The van der Waals surface area contributed by atoms with Crippen LogP contribution in [0.3, 0.4) is 0 Å². The van der Waals surface area contributed by atoms with Gasteiger partial charge >= 0.3 is 35.4 Å². The van der Waals surface area contributed by atoms with Crippen LogP contribution < -0.4 is 0 Å². The molecular formula is C45H83O19P3. The second kappa shape index (κ2) is 37.2. The van der Waals surface area contributed by atoms with Gasteiger partial charge in [-0.2, -0.15) is 0 Å². The molecule has 67 heavy (non-hydrogen) atoms. The van der Waals surface area contributed by atoms with Crippen molar-refractivity contribution in [3.8, 4) is 0 Å². The molecule has 22 heteroatoms. The number of aliphatic hydroxyl groups excluding tert-OH is 3. The van der Waals surface area contributed by atoms with Crippen LogP contribution in [-0.4, -0.2) is 108 Å². The molecule has 0 spiro atoms. The zero-order valence-electron chi connectivity index (χ0n) is 39.7. The lowest BCUT2D eigenvalue weighted by Gasteiger charge is -2.44. The van der Waals surface area contributed by atoms with Crippen LogP contribution in [-0.2, 0) is 50.9 Å². The van der Waals surface area contributed by atoms with Gasteiger partial charge in [-0.25, -0.2) is 13.7 Å². The Labute approximate surface area is 398 Å². The minimum Gasteiger partial charge on any atom is -0.462 e. The summed E-state index contributed by atoms with van der Waals surface area (Å²) in [6, 6.07) is 0. The Morgan fingerprint density at radius 2 is 0.881 bits per heavy atom. The number of esters is 2. The fourth-order valence-electron chi connectivity index (χ4n) is 7.31. The maximum atomic E-state index is 13.1. The normalized spacial score (nSPS) is 21.9. The molecule has 0 aromatic rings. The van der Waals surface area contributed by atoms with Gasteiger partial charge in [0, 0.05) is 12.8 Å². The van der Waals surface area contributed by atoms with Crippen LogP contribution in [0.2, 0.25) is 0 Å². The van der Waals surface area contributed by atoms with Gasteiger partial charge in [-0.3, -0.25) is 27.7 Å². The number of unbranched alkanes of at least 4 members (excludes halogenated alkanes) is 19. The Morgan fingerprint density at radius 3 is 1.37 bits per heavy atom. The van der Waals surface area contributed by atoms with E-state index in [4.69, 9.17) is 18.5 Å². The summed E-state index contributed by atoms with van der Waals surface area (Å²) < 4.78 is 65.4. The molecule has 5 unspecified atom stereocenters. The number of allylic oxidation sites excluding steroid dienone is 6. The van der Waals surface area contributed by atoms with Crippen molar-refractivity contribution in [2.45, 2.75) is 224 Å². The minimum atomic E-state index is -5.60. The molecule has 8 atom stereocenters. The highest BCUT2D eigenvalue weighted by Crippen LogP contribution is 2.51. The van der Waals surface area contributed by atoms with Gasteiger partial charge in [-0.1, -0.05) is 159 Å². The Balaban J connectivity index is 2.75. The quantitative estimate of drug-likeness (QED) is 0.0123. The number of carbonyl (C=O) groups is 2. The van der Waals surface area contributed by atoms with Crippen molar-refractivity contribution in [1.82, 2.24) is 0 Å². The molecule has 0 radical (unpaired) electrons. The van der Waals surface area contributed by atoms with E-state index in [9.17, 15) is 63.1 Å². The molecular weight excluding hydrogens is 937 g/mol. The summed E-state index contributed by atoms with van der Waals surface area (Å²) in [5, 5.41) is 31.9. The number of rotatable bonds is 41. The summed E-state index contributed by atoms with van der Waals surface area (Å²) in [7, 11) is -16.6. The minimum absolute atomic E-state index is 0.00980. The third-order valence-electron chi connectivity index (χ3n) is 10.9. The van der Waals surface area contributed by atoms with Crippen LogP contribution in [0, 0.1) is 0 Å². The average molecular weight is 1020 g/mol. The molecule has 1 aliphatic rings. The van der Waals surface area contributed by atoms with Crippen molar-refractivity contribution in [1.29, 1.82) is 0 Å². The van der Waals surface area contributed by atoms with Gasteiger partial charge in [0.05, 0.1) is 6.61 Å². The van der Waals surface area contributed by atoms with Crippen LogP contribution >= 0.6 is 23.5 Å². The maximum Gasteiger partial charge on any atom is 0.472 e. The number of carbonyl (C=O) groups excluding carboxylic acids is 2. The summed E-state index contributed by atoms with van der Waals surface area (Å²) in [5.74, 6) is -1.35. The highest BCUT2D eigenvalue weighted by molar-refractivity contribution is 7.47. The molecule has 1 rings (SSSR count). The molecule has 0 aromatic carbocycles. The fraction of sp³-hybridized carbons (Fsp3) is 0.822. The van der Waals surface area contributed by atoms with E-state index in [0.717, 1.165) is 51.4 Å². The van der Waals surface area contributed by atoms with Crippen molar-refractivity contribution >= 4 is 35.4 Å². The van der Waals surface area contributed by atoms with E-state index in [1.165, 1.54) is 83.5 Å². The number of aliphatic hydroxyl groups is 3. The first-order valence-electron chi connectivity index (χ1n) is 24.3. The maximum absolute atomic E-state index is 13.1. The standard InChI is InChI=1S/C45H83O19P3/c1-3-5-7-9-11-13-15-17-18-19-20-22-23-25-27-29-31-33-38(46)59-35-37(61-39(47)34-32-30-28-26-24-21-16-14-12-10-8-6-4-2)36-60-67(57,58)64-43-40(48)41(49)44(62-65(51,52)53)45(42(43)50)63-66(54,55)56/h17-18,20,22,25,27,37,40-45,48-50H,3-16,19,21,23-24,26,28-36H2,1-2H3,(H,57,58)(H2,51,52,53)(H2,54,55,56)/t37-,40?,41?,42?,43+,44?,45+/m1/s1. The van der Waals surface area contributed by atoms with Gasteiger partial charge in [0.1, 0.15) is 43.2 Å². The van der Waals surface area contributed by atoms with Crippen molar-refractivity contribution in [3.63, 3.8) is 0 Å². The number of ether oxygens (including phenoxy) is 2. The zero-order valence-corrected chi connectivity index (χ0v) is 42.4. The molecule has 0 aliphatic heterocycles. The molecule has 1 aliphatic carbocycles. The van der Waals surface area contributed by atoms with E-state index in [-0.39, 0.29) is 12.8 Å². The van der Waals surface area contributed by atoms with E-state index in [1.54, 1.807) is 0 Å². The summed E-state index contributed by atoms with van der Waals surface area (Å²) in [6.07, 6.45) is 21.7. The lowest BCUT2D eigenvalue weighted by Crippen LogP contribution is -2.65. The van der Waals surface area contributed by atoms with Gasteiger partial charge in [0.25, 0.3) is 0 Å². The highest BCUT2D eigenvalue weighted by Gasteiger charge is 2.56. The van der Waals surface area contributed by atoms with Crippen LogP contribution in [0.15, 0.2) is 36.5 Å². The van der Waals surface area contributed by atoms with Crippen molar-refractivity contribution in [2.75, 3.05) is 13.2 Å². The van der Waals surface area contributed by atoms with E-state index >= 15 is 0 Å². The smallest absolute Gasteiger partial charge is 0.462 e. The molecule has 392 valence electrons. The second-order valence-corrected chi connectivity index (χ2v) is 20.8. The number of hydrogen-bond donors (Lipinski definition) is 8. The number of phosphoric ester groups is 3. The molecule has 19 nitrogen and oxygen atoms in total. The molecule has 1 fully saturated rings. The zero-order chi connectivity index (χ0) is 50.0. The molecule has 0 aromatic heterocycles. The van der Waals surface area contributed by atoms with Gasteiger partial charge in [-0.15, -0.1) is 0 Å². The topological polar surface area (TPSA) is 303 Å². The van der Waals surface area contributed by atoms with E-state index in [2.05, 4.69) is 47.2 Å². The third-order valence-corrected chi connectivity index (χ3v) is 13.0. The summed E-state index contributed by atoms with van der Waals surface area (Å²) in [5.41, 5.74) is 0. The predicted octanol–water partition coefficient (Wildman–Crippen LogP) is 8.85. The lowest BCUT2D eigenvalue weighted by atomic mass is 9.85. The van der Waals surface area contributed by atoms with Gasteiger partial charge < -0.3 is 49.3 Å². The van der Waals surface area contributed by atoms with Crippen molar-refractivity contribution in [3.05, 3.63) is 36.5 Å². The monoisotopic (exact) mass is 1020 g/mol. The van der Waals surface area contributed by atoms with Gasteiger partial charge in [0.15, 0.2) is 6.10 Å². The van der Waals surface area contributed by atoms with E-state index in [0.29, 0.717) is 19.3 Å². The molecule has 0 heterocycles. The molecule has 0 amide bonds. The SMILES string of the molecule is CCCCCCCCC=CCC=CCC=CCCCC(=O)OC[C@H](COP(=O)(O)O[C@H]1C(O)C(O)C(OP(=O)(O)O)[C@@H](OP(=O)(O)O)C1O)OC(=O)CCCCCCCCCCCCCCC. The Hall–Kier alpha value is -1.63. The van der Waals surface area contributed by atoms with Crippen LogP contribution in [0.25, 0.3) is 0 Å². The first-order valence-corrected chi connectivity index (χ1v) is 28.8. The largest absolute Gasteiger partial charge is 0.472 e. The first kappa shape index (κ1) is 63.4. The van der Waals surface area contributed by atoms with Crippen LogP contribution in [0.4, 0.5) is 0 Å². The average Bonchev–Trinajstić information content (AvgIpc) is 3.25. The number of phosphoric acid groups is 3. The molecule has 0 bridgehead atoms. The second-order valence-electron chi connectivity index (χ2n) is 17.0. The third kappa shape index (κ3) is 33.6. The van der Waals surface area contributed by atoms with Gasteiger partial charge in [-0.05, 0) is 44.9 Å². The fourth-order valence-corrected chi connectivity index (χ4v) is 9.40. The summed E-state index contributed by atoms with van der Waals surface area (Å²) in [4.78, 5) is 73.2. The molecule has 1 saturated carbocycles. The highest BCUT2D eigenvalue weighted by atomic mass is 31.2. The molecule has 8 N–H and O–H groups in total. The van der Waals surface area contributed by atoms with E-state index in [1.807, 2.05) is 12.2 Å². The Morgan fingerprint density at radius 1 is 0.478 bits per heavy atom.